The maximum atomic E-state index is 9.47. The number of anilines is 1. The van der Waals surface area contributed by atoms with Gasteiger partial charge in [0.05, 0.1) is 17.3 Å². The third-order valence-corrected chi connectivity index (χ3v) is 4.83. The number of fused-ring (bicyclic) bond motifs is 1. The molecule has 0 aliphatic heterocycles. The van der Waals surface area contributed by atoms with E-state index in [1.807, 2.05) is 20.0 Å². The minimum Gasteiger partial charge on any atom is -0.367 e. The minimum atomic E-state index is 0.216. The Labute approximate surface area is 145 Å². The summed E-state index contributed by atoms with van der Waals surface area (Å²) in [5, 5.41) is 22.3. The molecule has 0 radical (unpaired) electrons. The Hall–Kier alpha value is -2.43. The summed E-state index contributed by atoms with van der Waals surface area (Å²) < 4.78 is 1.75. The van der Waals surface area contributed by atoms with Crippen molar-refractivity contribution in [2.45, 2.75) is 13.0 Å². The van der Waals surface area contributed by atoms with E-state index >= 15 is 0 Å². The predicted molar refractivity (Wildman–Crippen MR) is 97.2 cm³/mol. The van der Waals surface area contributed by atoms with Gasteiger partial charge in [-0.25, -0.2) is 4.98 Å². The van der Waals surface area contributed by atoms with Gasteiger partial charge in [-0.2, -0.15) is 21.7 Å². The van der Waals surface area contributed by atoms with E-state index in [9.17, 15) is 5.26 Å². The van der Waals surface area contributed by atoms with Gasteiger partial charge >= 0.3 is 0 Å². The maximum absolute atomic E-state index is 9.47. The average Bonchev–Trinajstić information content (AvgIpc) is 3.16. The van der Waals surface area contributed by atoms with Gasteiger partial charge in [-0.15, -0.1) is 0 Å². The Morgan fingerprint density at radius 3 is 2.88 bits per heavy atom. The van der Waals surface area contributed by atoms with Crippen LogP contribution >= 0.6 is 11.3 Å². The fourth-order valence-electron chi connectivity index (χ4n) is 2.82. The highest BCUT2D eigenvalue weighted by Crippen LogP contribution is 2.25. The molecule has 0 aliphatic rings. The van der Waals surface area contributed by atoms with Crippen LogP contribution in [0.5, 0.6) is 0 Å². The Bertz CT molecular complexity index is 888. The molecule has 0 fully saturated rings. The van der Waals surface area contributed by atoms with Crippen LogP contribution < -0.4 is 5.32 Å². The molecule has 3 rings (SSSR count). The van der Waals surface area contributed by atoms with Crippen molar-refractivity contribution in [1.82, 2.24) is 19.7 Å². The van der Waals surface area contributed by atoms with Crippen LogP contribution in [0.1, 0.15) is 22.9 Å². The zero-order valence-electron chi connectivity index (χ0n) is 14.2. The van der Waals surface area contributed by atoms with Crippen LogP contribution in [0, 0.1) is 18.3 Å². The van der Waals surface area contributed by atoms with E-state index in [-0.39, 0.29) is 6.04 Å². The first-order valence-corrected chi connectivity index (χ1v) is 8.62. The number of aryl methyl sites for hydroxylation is 2. The molecular formula is C17H20N6S. The summed E-state index contributed by atoms with van der Waals surface area (Å²) in [6, 6.07) is 6.45. The second-order valence-corrected chi connectivity index (χ2v) is 6.77. The van der Waals surface area contributed by atoms with E-state index in [0.717, 1.165) is 16.7 Å². The predicted octanol–water partition coefficient (Wildman–Crippen LogP) is 2.92. The molecule has 0 spiro atoms. The van der Waals surface area contributed by atoms with Gasteiger partial charge < -0.3 is 10.2 Å². The summed E-state index contributed by atoms with van der Waals surface area (Å²) in [4.78, 5) is 6.79. The molecule has 3 aromatic rings. The third-order valence-electron chi connectivity index (χ3n) is 4.13. The molecule has 0 aromatic carbocycles. The second-order valence-electron chi connectivity index (χ2n) is 5.99. The van der Waals surface area contributed by atoms with Crippen LogP contribution in [0.3, 0.4) is 0 Å². The van der Waals surface area contributed by atoms with Crippen molar-refractivity contribution in [3.63, 3.8) is 0 Å². The molecular weight excluding hydrogens is 320 g/mol. The third kappa shape index (κ3) is 2.98. The van der Waals surface area contributed by atoms with Crippen LogP contribution in [-0.2, 0) is 7.05 Å². The molecule has 0 aliphatic carbocycles. The number of rotatable bonds is 5. The molecule has 6 nitrogen and oxygen atoms in total. The summed E-state index contributed by atoms with van der Waals surface area (Å²) in [5.41, 5.74) is 3.47. The first-order valence-electron chi connectivity index (χ1n) is 7.68. The maximum Gasteiger partial charge on any atom is 0.160 e. The number of nitrogens with zero attached hydrogens (tertiary/aromatic N) is 5. The van der Waals surface area contributed by atoms with E-state index in [4.69, 9.17) is 0 Å². The average molecular weight is 340 g/mol. The van der Waals surface area contributed by atoms with Crippen LogP contribution in [0.4, 0.5) is 5.82 Å². The smallest absolute Gasteiger partial charge is 0.160 e. The van der Waals surface area contributed by atoms with Crippen molar-refractivity contribution >= 4 is 28.2 Å². The molecule has 0 amide bonds. The fourth-order valence-corrected chi connectivity index (χ4v) is 3.53. The van der Waals surface area contributed by atoms with E-state index in [1.165, 1.54) is 5.56 Å². The second kappa shape index (κ2) is 6.59. The van der Waals surface area contributed by atoms with Crippen LogP contribution in [0.15, 0.2) is 22.9 Å². The molecule has 24 heavy (non-hydrogen) atoms. The number of hydrogen-bond donors (Lipinski definition) is 1. The molecule has 3 aromatic heterocycles. The molecule has 3 heterocycles. The van der Waals surface area contributed by atoms with Gasteiger partial charge in [0, 0.05) is 19.0 Å². The van der Waals surface area contributed by atoms with Crippen molar-refractivity contribution in [1.29, 1.82) is 5.26 Å². The van der Waals surface area contributed by atoms with Crippen LogP contribution in [0.2, 0.25) is 0 Å². The Morgan fingerprint density at radius 2 is 2.25 bits per heavy atom. The van der Waals surface area contributed by atoms with Gasteiger partial charge in [-0.3, -0.25) is 4.68 Å². The number of hydrogen-bond acceptors (Lipinski definition) is 6. The Balaban J connectivity index is 1.91. The summed E-state index contributed by atoms with van der Waals surface area (Å²) in [7, 11) is 5.97. The number of thiophene rings is 1. The molecule has 7 heteroatoms. The van der Waals surface area contributed by atoms with Crippen molar-refractivity contribution in [2.75, 3.05) is 26.0 Å². The van der Waals surface area contributed by atoms with E-state index in [1.54, 1.807) is 16.0 Å². The summed E-state index contributed by atoms with van der Waals surface area (Å²) in [6.45, 7) is 2.60. The summed E-state index contributed by atoms with van der Waals surface area (Å²) >= 11 is 1.69. The molecule has 0 saturated heterocycles. The molecule has 124 valence electrons. The topological polar surface area (TPSA) is 69.8 Å². The summed E-state index contributed by atoms with van der Waals surface area (Å²) in [5.74, 6) is 0.607. The summed E-state index contributed by atoms with van der Waals surface area (Å²) in [6.07, 6.45) is 0. The normalized spacial score (nSPS) is 12.5. The van der Waals surface area contributed by atoms with Crippen molar-refractivity contribution in [3.05, 3.63) is 39.7 Å². The zero-order valence-corrected chi connectivity index (χ0v) is 15.1. The first kappa shape index (κ1) is 16.4. The first-order chi connectivity index (χ1) is 11.5. The highest BCUT2D eigenvalue weighted by molar-refractivity contribution is 7.07. The number of nitriles is 1. The van der Waals surface area contributed by atoms with E-state index < -0.39 is 0 Å². The lowest BCUT2D eigenvalue weighted by atomic mass is 10.1. The van der Waals surface area contributed by atoms with Gasteiger partial charge in [0.15, 0.2) is 5.65 Å². The van der Waals surface area contributed by atoms with Crippen molar-refractivity contribution in [2.24, 2.45) is 7.05 Å². The quantitative estimate of drug-likeness (QED) is 0.773. The van der Waals surface area contributed by atoms with Crippen LogP contribution in [0.25, 0.3) is 11.0 Å². The molecule has 0 saturated carbocycles. The van der Waals surface area contributed by atoms with Gasteiger partial charge in [-0.05, 0) is 49.5 Å². The van der Waals surface area contributed by atoms with Gasteiger partial charge in [-0.1, -0.05) is 0 Å². The lowest BCUT2D eigenvalue weighted by molar-refractivity contribution is 0.312. The highest BCUT2D eigenvalue weighted by atomic mass is 32.1. The minimum absolute atomic E-state index is 0.216. The van der Waals surface area contributed by atoms with Gasteiger partial charge in [0.1, 0.15) is 11.9 Å². The number of likely N-dealkylation sites (N-methyl/N-ethyl adjacent to an activating group) is 1. The standard InChI is InChI=1S/C17H20N6S/c1-11-14-7-13(8-18)16(20-17(14)23(4)21-11)19-9-15(22(2)3)12-5-6-24-10-12/h5-7,10,15H,9H2,1-4H3,(H,19,20). The lowest BCUT2D eigenvalue weighted by Crippen LogP contribution is -2.27. The Kier molecular flexibility index (Phi) is 4.51. The number of pyridine rings is 1. The van der Waals surface area contributed by atoms with Gasteiger partial charge in [0.25, 0.3) is 0 Å². The monoisotopic (exact) mass is 340 g/mol. The number of nitrogens with one attached hydrogen (secondary N) is 1. The zero-order chi connectivity index (χ0) is 17.3. The van der Waals surface area contributed by atoms with E-state index in [2.05, 4.69) is 57.3 Å². The lowest BCUT2D eigenvalue weighted by Gasteiger charge is -2.24. The Morgan fingerprint density at radius 1 is 1.46 bits per heavy atom. The van der Waals surface area contributed by atoms with Crippen LogP contribution in [-0.4, -0.2) is 40.3 Å². The van der Waals surface area contributed by atoms with Gasteiger partial charge in [0.2, 0.25) is 0 Å². The van der Waals surface area contributed by atoms with E-state index in [0.29, 0.717) is 17.9 Å². The van der Waals surface area contributed by atoms with Crippen molar-refractivity contribution in [3.8, 4) is 6.07 Å². The molecule has 1 N–H and O–H groups in total. The van der Waals surface area contributed by atoms with Crippen molar-refractivity contribution < 1.29 is 0 Å². The number of aromatic nitrogens is 3. The molecule has 1 unspecified atom stereocenters. The highest BCUT2D eigenvalue weighted by Gasteiger charge is 2.17. The molecule has 1 atom stereocenters. The molecule has 0 bridgehead atoms. The fraction of sp³-hybridized carbons (Fsp3) is 0.353. The largest absolute Gasteiger partial charge is 0.367 e. The SMILES string of the molecule is Cc1nn(C)c2nc(NCC(c3ccsc3)N(C)C)c(C#N)cc12.